The number of carbonyl (C=O) groups excluding carboxylic acids is 2. The molecule has 0 fully saturated rings. The Morgan fingerprint density at radius 1 is 0.871 bits per heavy atom. The summed E-state index contributed by atoms with van der Waals surface area (Å²) in [5, 5.41) is 8.99. The summed E-state index contributed by atoms with van der Waals surface area (Å²) >= 11 is 0. The minimum Gasteiger partial charge on any atom is -0.497 e. The van der Waals surface area contributed by atoms with Crippen molar-refractivity contribution in [2.45, 2.75) is 0 Å². The van der Waals surface area contributed by atoms with Crippen LogP contribution in [0.4, 0.5) is 22.0 Å². The molecule has 4 rings (SSSR count). The molecular weight excluding hydrogens is 394 g/mol. The number of benzene rings is 3. The fourth-order valence-corrected chi connectivity index (χ4v) is 2.97. The van der Waals surface area contributed by atoms with E-state index >= 15 is 0 Å². The highest BCUT2D eigenvalue weighted by Gasteiger charge is 2.11. The quantitative estimate of drug-likeness (QED) is 0.449. The first-order valence-electron chi connectivity index (χ1n) is 9.45. The van der Waals surface area contributed by atoms with Crippen LogP contribution in [0.15, 0.2) is 79.1 Å². The van der Waals surface area contributed by atoms with Gasteiger partial charge < -0.3 is 15.4 Å². The van der Waals surface area contributed by atoms with Crippen LogP contribution in [0.25, 0.3) is 10.9 Å². The summed E-state index contributed by atoms with van der Waals surface area (Å²) in [6.45, 7) is 0. The number of nitrogens with zero attached hydrogens (tertiary/aromatic N) is 2. The van der Waals surface area contributed by atoms with Crippen LogP contribution in [0, 0.1) is 0 Å². The van der Waals surface area contributed by atoms with E-state index in [1.807, 2.05) is 24.3 Å². The fourth-order valence-electron chi connectivity index (χ4n) is 2.97. The second kappa shape index (κ2) is 8.91. The topological polar surface area (TPSA) is 105 Å². The standard InChI is InChI=1S/C23H19N5O3/c1-31-18-10-7-16(8-11-18)26-21-19-12-9-17(13-20(19)24-14-25-21)27-23(30)28-22(29)15-5-3-2-4-6-15/h2-14H,1H3,(H,24,25,26)(H2,27,28,29,30). The van der Waals surface area contributed by atoms with E-state index < -0.39 is 11.9 Å². The van der Waals surface area contributed by atoms with Crippen LogP contribution < -0.4 is 20.7 Å². The second-order valence-corrected chi connectivity index (χ2v) is 6.58. The highest BCUT2D eigenvalue weighted by atomic mass is 16.5. The molecule has 31 heavy (non-hydrogen) atoms. The number of fused-ring (bicyclic) bond motifs is 1. The van der Waals surface area contributed by atoms with Gasteiger partial charge in [0.05, 0.1) is 12.6 Å². The molecule has 0 aliphatic heterocycles. The van der Waals surface area contributed by atoms with Gasteiger partial charge in [-0.05, 0) is 54.6 Å². The van der Waals surface area contributed by atoms with E-state index in [0.29, 0.717) is 22.6 Å². The van der Waals surface area contributed by atoms with Crippen molar-refractivity contribution in [1.29, 1.82) is 0 Å². The maximum absolute atomic E-state index is 12.2. The number of nitrogens with one attached hydrogen (secondary N) is 3. The van der Waals surface area contributed by atoms with Gasteiger partial charge in [0.2, 0.25) is 0 Å². The van der Waals surface area contributed by atoms with Gasteiger partial charge in [-0.1, -0.05) is 18.2 Å². The summed E-state index contributed by atoms with van der Waals surface area (Å²) < 4.78 is 5.17. The van der Waals surface area contributed by atoms with E-state index in [4.69, 9.17) is 4.74 Å². The molecule has 8 heteroatoms. The highest BCUT2D eigenvalue weighted by molar-refractivity contribution is 6.08. The van der Waals surface area contributed by atoms with E-state index in [0.717, 1.165) is 16.8 Å². The van der Waals surface area contributed by atoms with Crippen LogP contribution in [-0.4, -0.2) is 29.0 Å². The first-order chi connectivity index (χ1) is 15.1. The first-order valence-corrected chi connectivity index (χ1v) is 9.45. The lowest BCUT2D eigenvalue weighted by molar-refractivity contribution is 0.0967. The number of carbonyl (C=O) groups is 2. The number of ether oxygens (including phenoxy) is 1. The van der Waals surface area contributed by atoms with Crippen molar-refractivity contribution in [3.8, 4) is 5.75 Å². The Morgan fingerprint density at radius 2 is 1.61 bits per heavy atom. The molecule has 0 aliphatic rings. The fraction of sp³-hybridized carbons (Fsp3) is 0.0435. The van der Waals surface area contributed by atoms with Crippen molar-refractivity contribution in [2.75, 3.05) is 17.7 Å². The summed E-state index contributed by atoms with van der Waals surface area (Å²) in [5.41, 5.74) is 2.39. The molecule has 3 amide bonds. The summed E-state index contributed by atoms with van der Waals surface area (Å²) in [5.74, 6) is 0.912. The lowest BCUT2D eigenvalue weighted by atomic mass is 10.2. The van der Waals surface area contributed by atoms with Crippen LogP contribution in [0.3, 0.4) is 0 Å². The van der Waals surface area contributed by atoms with Gasteiger partial charge in [-0.2, -0.15) is 0 Å². The maximum atomic E-state index is 12.2. The van der Waals surface area contributed by atoms with E-state index in [1.165, 1.54) is 6.33 Å². The molecule has 8 nitrogen and oxygen atoms in total. The van der Waals surface area contributed by atoms with Gasteiger partial charge in [-0.3, -0.25) is 10.1 Å². The molecule has 1 aromatic heterocycles. The zero-order valence-corrected chi connectivity index (χ0v) is 16.6. The zero-order chi connectivity index (χ0) is 21.6. The van der Waals surface area contributed by atoms with Gasteiger partial charge in [0.25, 0.3) is 5.91 Å². The minimum atomic E-state index is -0.626. The molecule has 0 radical (unpaired) electrons. The number of imide groups is 1. The average molecular weight is 413 g/mol. The highest BCUT2D eigenvalue weighted by Crippen LogP contribution is 2.26. The SMILES string of the molecule is COc1ccc(Nc2ncnc3cc(NC(=O)NC(=O)c4ccccc4)ccc23)cc1. The van der Waals surface area contributed by atoms with Gasteiger partial charge in [0.15, 0.2) is 0 Å². The van der Waals surface area contributed by atoms with Crippen LogP contribution in [0.2, 0.25) is 0 Å². The molecule has 0 aliphatic carbocycles. The normalized spacial score (nSPS) is 10.4. The molecule has 4 aromatic rings. The third kappa shape index (κ3) is 4.76. The third-order valence-electron chi connectivity index (χ3n) is 4.51. The lowest BCUT2D eigenvalue weighted by Crippen LogP contribution is -2.34. The number of amides is 3. The van der Waals surface area contributed by atoms with Crippen molar-refractivity contribution in [3.63, 3.8) is 0 Å². The molecule has 0 saturated heterocycles. The van der Waals surface area contributed by atoms with Crippen molar-refractivity contribution in [2.24, 2.45) is 0 Å². The Kier molecular flexibility index (Phi) is 5.70. The molecule has 0 saturated carbocycles. The summed E-state index contributed by atoms with van der Waals surface area (Å²) in [7, 11) is 1.61. The van der Waals surface area contributed by atoms with E-state index in [9.17, 15) is 9.59 Å². The summed E-state index contributed by atoms with van der Waals surface area (Å²) in [4.78, 5) is 32.9. The number of aromatic nitrogens is 2. The van der Waals surface area contributed by atoms with E-state index in [2.05, 4.69) is 25.9 Å². The molecule has 0 atom stereocenters. The van der Waals surface area contributed by atoms with Gasteiger partial charge >= 0.3 is 6.03 Å². The minimum absolute atomic E-state index is 0.401. The molecule has 3 N–H and O–H groups in total. The first kappa shape index (κ1) is 19.8. The Bertz CT molecular complexity index is 1230. The predicted molar refractivity (Wildman–Crippen MR) is 119 cm³/mol. The van der Waals surface area contributed by atoms with Crippen molar-refractivity contribution in [1.82, 2.24) is 15.3 Å². The maximum Gasteiger partial charge on any atom is 0.326 e. The third-order valence-corrected chi connectivity index (χ3v) is 4.51. The van der Waals surface area contributed by atoms with E-state index in [-0.39, 0.29) is 0 Å². The van der Waals surface area contributed by atoms with E-state index in [1.54, 1.807) is 55.6 Å². The molecule has 154 valence electrons. The molecule has 0 bridgehead atoms. The van der Waals surface area contributed by atoms with Gasteiger partial charge in [-0.15, -0.1) is 0 Å². The lowest BCUT2D eigenvalue weighted by Gasteiger charge is -2.11. The zero-order valence-electron chi connectivity index (χ0n) is 16.6. The summed E-state index contributed by atoms with van der Waals surface area (Å²) in [6, 6.07) is 20.6. The van der Waals surface area contributed by atoms with Crippen molar-refractivity contribution in [3.05, 3.63) is 84.7 Å². The predicted octanol–water partition coefficient (Wildman–Crippen LogP) is 4.34. The van der Waals surface area contributed by atoms with Crippen molar-refractivity contribution < 1.29 is 14.3 Å². The smallest absolute Gasteiger partial charge is 0.326 e. The number of hydrogen-bond donors (Lipinski definition) is 3. The monoisotopic (exact) mass is 413 g/mol. The molecule has 0 spiro atoms. The Morgan fingerprint density at radius 3 is 2.35 bits per heavy atom. The largest absolute Gasteiger partial charge is 0.497 e. The molecular formula is C23H19N5O3. The second-order valence-electron chi connectivity index (χ2n) is 6.58. The Labute approximate surface area is 178 Å². The van der Waals surface area contributed by atoms with Gasteiger partial charge in [0.1, 0.15) is 17.9 Å². The van der Waals surface area contributed by atoms with Crippen LogP contribution in [-0.2, 0) is 0 Å². The average Bonchev–Trinajstić information content (AvgIpc) is 2.80. The van der Waals surface area contributed by atoms with Crippen LogP contribution in [0.5, 0.6) is 5.75 Å². The van der Waals surface area contributed by atoms with Crippen LogP contribution in [0.1, 0.15) is 10.4 Å². The number of rotatable bonds is 5. The van der Waals surface area contributed by atoms with Gasteiger partial charge in [-0.25, -0.2) is 14.8 Å². The number of hydrogen-bond acceptors (Lipinski definition) is 6. The van der Waals surface area contributed by atoms with Gasteiger partial charge in [0, 0.05) is 22.3 Å². The Hall–Kier alpha value is -4.46. The molecule has 1 heterocycles. The molecule has 3 aromatic carbocycles. The summed E-state index contributed by atoms with van der Waals surface area (Å²) in [6.07, 6.45) is 1.44. The number of urea groups is 1. The number of anilines is 3. The van der Waals surface area contributed by atoms with Crippen molar-refractivity contribution >= 4 is 40.0 Å². The number of methoxy groups -OCH3 is 1. The molecule has 0 unspecified atom stereocenters. The Balaban J connectivity index is 1.48. The van der Waals surface area contributed by atoms with Crippen LogP contribution >= 0.6 is 0 Å².